The molecule has 2 rings (SSSR count). The number of hydrogen-bond donors (Lipinski definition) is 1. The van der Waals surface area contributed by atoms with Crippen LogP contribution in [0.25, 0.3) is 11.0 Å². The number of terminal acetylenes is 1. The lowest BCUT2D eigenvalue weighted by Crippen LogP contribution is -2.14. The van der Waals surface area contributed by atoms with Gasteiger partial charge in [0.05, 0.1) is 5.92 Å². The van der Waals surface area contributed by atoms with E-state index in [1.165, 1.54) is 6.07 Å². The fourth-order valence-corrected chi connectivity index (χ4v) is 2.19. The van der Waals surface area contributed by atoms with Crippen molar-refractivity contribution < 1.29 is 14.3 Å². The first-order valence-corrected chi connectivity index (χ1v) is 6.35. The zero-order chi connectivity index (χ0) is 15.6. The molecule has 2 aromatic rings. The SMILES string of the molecule is C#CCC(C(=O)O)c1cc(=O)oc2cc(N(C)C)ccc12. The van der Waals surface area contributed by atoms with Crippen LogP contribution in [0.1, 0.15) is 17.9 Å². The Morgan fingerprint density at radius 2 is 2.14 bits per heavy atom. The minimum atomic E-state index is -1.06. The predicted molar refractivity (Wildman–Crippen MR) is 80.6 cm³/mol. The second-order valence-electron chi connectivity index (χ2n) is 4.89. The average molecular weight is 285 g/mol. The highest BCUT2D eigenvalue weighted by Crippen LogP contribution is 2.29. The summed E-state index contributed by atoms with van der Waals surface area (Å²) in [6.45, 7) is 0. The van der Waals surface area contributed by atoms with Crippen molar-refractivity contribution in [1.82, 2.24) is 0 Å². The van der Waals surface area contributed by atoms with Crippen LogP contribution in [0.3, 0.4) is 0 Å². The van der Waals surface area contributed by atoms with E-state index in [1.807, 2.05) is 25.1 Å². The van der Waals surface area contributed by atoms with Crippen molar-refractivity contribution in [2.45, 2.75) is 12.3 Å². The molecule has 108 valence electrons. The molecule has 1 aromatic carbocycles. The molecule has 1 N–H and O–H groups in total. The fraction of sp³-hybridized carbons (Fsp3) is 0.250. The molecule has 0 spiro atoms. The predicted octanol–water partition coefficient (Wildman–Crippen LogP) is 2.05. The Balaban J connectivity index is 2.72. The zero-order valence-corrected chi connectivity index (χ0v) is 11.8. The number of rotatable bonds is 4. The Morgan fingerprint density at radius 1 is 1.43 bits per heavy atom. The van der Waals surface area contributed by atoms with Crippen LogP contribution in [-0.2, 0) is 4.79 Å². The van der Waals surface area contributed by atoms with E-state index in [9.17, 15) is 14.7 Å². The topological polar surface area (TPSA) is 70.7 Å². The second-order valence-corrected chi connectivity index (χ2v) is 4.89. The third kappa shape index (κ3) is 2.90. The van der Waals surface area contributed by atoms with Crippen LogP contribution in [0.2, 0.25) is 0 Å². The highest BCUT2D eigenvalue weighted by atomic mass is 16.4. The van der Waals surface area contributed by atoms with Gasteiger partial charge in [-0.2, -0.15) is 0 Å². The van der Waals surface area contributed by atoms with Gasteiger partial charge in [-0.3, -0.25) is 4.79 Å². The Hall–Kier alpha value is -2.74. The van der Waals surface area contributed by atoms with Crippen molar-refractivity contribution in [2.24, 2.45) is 0 Å². The standard InChI is InChI=1S/C16H15NO4/c1-4-5-12(16(19)20)13-9-15(18)21-14-8-10(17(2)3)6-7-11(13)14/h1,6-9,12H,5H2,2-3H3,(H,19,20). The summed E-state index contributed by atoms with van der Waals surface area (Å²) in [5.74, 6) is 0.357. The number of carboxylic acid groups (broad SMARTS) is 1. The lowest BCUT2D eigenvalue weighted by Gasteiger charge is -2.15. The van der Waals surface area contributed by atoms with Crippen molar-refractivity contribution >= 4 is 22.6 Å². The van der Waals surface area contributed by atoms with Crippen LogP contribution in [-0.4, -0.2) is 25.2 Å². The number of carbonyl (C=O) groups is 1. The van der Waals surface area contributed by atoms with Crippen molar-refractivity contribution in [2.75, 3.05) is 19.0 Å². The number of aliphatic carboxylic acids is 1. The summed E-state index contributed by atoms with van der Waals surface area (Å²) in [5.41, 5.74) is 1.01. The number of carboxylic acids is 1. The number of nitrogens with zero attached hydrogens (tertiary/aromatic N) is 1. The second kappa shape index (κ2) is 5.71. The summed E-state index contributed by atoms with van der Waals surface area (Å²) >= 11 is 0. The molecular formula is C16H15NO4. The van der Waals surface area contributed by atoms with E-state index in [4.69, 9.17) is 10.8 Å². The molecule has 0 fully saturated rings. The molecule has 5 nitrogen and oxygen atoms in total. The van der Waals surface area contributed by atoms with Crippen molar-refractivity contribution in [3.63, 3.8) is 0 Å². The molecule has 1 atom stereocenters. The molecule has 0 aliphatic rings. The molecule has 0 amide bonds. The summed E-state index contributed by atoms with van der Waals surface area (Å²) in [5, 5.41) is 9.90. The Morgan fingerprint density at radius 3 is 2.71 bits per heavy atom. The molecule has 5 heteroatoms. The Kier molecular flexibility index (Phi) is 3.99. The van der Waals surface area contributed by atoms with E-state index in [1.54, 1.807) is 12.1 Å². The van der Waals surface area contributed by atoms with Gasteiger partial charge in [0.15, 0.2) is 0 Å². The molecule has 0 aliphatic carbocycles. The molecule has 0 bridgehead atoms. The molecule has 1 aromatic heterocycles. The Labute approximate surface area is 121 Å². The molecule has 0 saturated heterocycles. The van der Waals surface area contributed by atoms with Crippen LogP contribution in [0.4, 0.5) is 5.69 Å². The van der Waals surface area contributed by atoms with E-state index in [-0.39, 0.29) is 6.42 Å². The van der Waals surface area contributed by atoms with Gasteiger partial charge in [-0.25, -0.2) is 4.79 Å². The summed E-state index contributed by atoms with van der Waals surface area (Å²) < 4.78 is 5.17. The van der Waals surface area contributed by atoms with Crippen molar-refractivity contribution in [1.29, 1.82) is 0 Å². The lowest BCUT2D eigenvalue weighted by atomic mass is 9.93. The fourth-order valence-electron chi connectivity index (χ4n) is 2.19. The van der Waals surface area contributed by atoms with Gasteiger partial charge in [-0.15, -0.1) is 12.3 Å². The summed E-state index contributed by atoms with van der Waals surface area (Å²) in [7, 11) is 3.73. The van der Waals surface area contributed by atoms with Crippen LogP contribution < -0.4 is 10.5 Å². The quantitative estimate of drug-likeness (QED) is 0.687. The summed E-state index contributed by atoms with van der Waals surface area (Å²) in [4.78, 5) is 24.9. The maximum absolute atomic E-state index is 11.7. The van der Waals surface area contributed by atoms with E-state index >= 15 is 0 Å². The molecule has 21 heavy (non-hydrogen) atoms. The lowest BCUT2D eigenvalue weighted by molar-refractivity contribution is -0.138. The number of anilines is 1. The first-order chi connectivity index (χ1) is 9.93. The first-order valence-electron chi connectivity index (χ1n) is 6.35. The molecular weight excluding hydrogens is 270 g/mol. The number of hydrogen-bond acceptors (Lipinski definition) is 4. The average Bonchev–Trinajstić information content (AvgIpc) is 2.42. The van der Waals surface area contributed by atoms with E-state index in [0.717, 1.165) is 5.69 Å². The maximum atomic E-state index is 11.7. The summed E-state index contributed by atoms with van der Waals surface area (Å²) in [6.07, 6.45) is 5.25. The summed E-state index contributed by atoms with van der Waals surface area (Å²) in [6, 6.07) is 6.48. The van der Waals surface area contributed by atoms with Crippen LogP contribution >= 0.6 is 0 Å². The van der Waals surface area contributed by atoms with Gasteiger partial charge in [0.1, 0.15) is 5.58 Å². The normalized spacial score (nSPS) is 11.9. The molecule has 1 heterocycles. The van der Waals surface area contributed by atoms with Gasteiger partial charge in [0, 0.05) is 43.7 Å². The van der Waals surface area contributed by atoms with Crippen LogP contribution in [0.5, 0.6) is 0 Å². The highest BCUT2D eigenvalue weighted by molar-refractivity contribution is 5.89. The Bertz CT molecular complexity index is 783. The smallest absolute Gasteiger partial charge is 0.336 e. The van der Waals surface area contributed by atoms with E-state index in [0.29, 0.717) is 16.5 Å². The third-order valence-electron chi connectivity index (χ3n) is 3.27. The maximum Gasteiger partial charge on any atom is 0.336 e. The highest BCUT2D eigenvalue weighted by Gasteiger charge is 2.22. The van der Waals surface area contributed by atoms with Crippen molar-refractivity contribution in [3.05, 3.63) is 40.2 Å². The van der Waals surface area contributed by atoms with Crippen molar-refractivity contribution in [3.8, 4) is 12.3 Å². The van der Waals surface area contributed by atoms with Gasteiger partial charge < -0.3 is 14.4 Å². The molecule has 0 saturated carbocycles. The molecule has 0 aliphatic heterocycles. The van der Waals surface area contributed by atoms with Crippen LogP contribution in [0, 0.1) is 12.3 Å². The molecule has 1 unspecified atom stereocenters. The number of fused-ring (bicyclic) bond motifs is 1. The van der Waals surface area contributed by atoms with Gasteiger partial charge in [-0.1, -0.05) is 0 Å². The third-order valence-corrected chi connectivity index (χ3v) is 3.27. The largest absolute Gasteiger partial charge is 0.481 e. The van der Waals surface area contributed by atoms with Gasteiger partial charge in [0.2, 0.25) is 0 Å². The van der Waals surface area contributed by atoms with Gasteiger partial charge >= 0.3 is 11.6 Å². The van der Waals surface area contributed by atoms with Crippen LogP contribution in [0.15, 0.2) is 33.5 Å². The zero-order valence-electron chi connectivity index (χ0n) is 11.8. The van der Waals surface area contributed by atoms with E-state index < -0.39 is 17.5 Å². The van der Waals surface area contributed by atoms with E-state index in [2.05, 4.69) is 5.92 Å². The van der Waals surface area contributed by atoms with Gasteiger partial charge in [0.25, 0.3) is 0 Å². The minimum absolute atomic E-state index is 0.0172. The molecule has 0 radical (unpaired) electrons. The minimum Gasteiger partial charge on any atom is -0.481 e. The van der Waals surface area contributed by atoms with Gasteiger partial charge in [-0.05, 0) is 17.7 Å². The first kappa shape index (κ1) is 14.7. The number of benzene rings is 1. The monoisotopic (exact) mass is 285 g/mol.